The van der Waals surface area contributed by atoms with Crippen LogP contribution >= 0.6 is 0 Å². The standard InChI is InChI=1S/C20H23F2N7/c1-23-20(24-8-7-19-26-25-18-4-2-3-9-29(18)19)28-12-10-27(11-13-28)17-14-15(21)5-6-16(17)22/h2-6,9,14H,7-8,10-13H2,1H3,(H,23,24). The Bertz CT molecular complexity index is 1010. The predicted octanol–water partition coefficient (Wildman–Crippen LogP) is 1.95. The number of guanidine groups is 1. The molecule has 1 N–H and O–H groups in total. The molecule has 0 amide bonds. The van der Waals surface area contributed by atoms with Crippen molar-refractivity contribution in [1.82, 2.24) is 24.8 Å². The maximum Gasteiger partial charge on any atom is 0.193 e. The van der Waals surface area contributed by atoms with E-state index in [1.54, 1.807) is 7.05 Å². The molecule has 1 fully saturated rings. The van der Waals surface area contributed by atoms with Gasteiger partial charge in [0.1, 0.15) is 17.5 Å². The molecule has 1 aromatic carbocycles. The fourth-order valence-corrected chi connectivity index (χ4v) is 3.57. The molecule has 3 aromatic rings. The van der Waals surface area contributed by atoms with Gasteiger partial charge in [-0.25, -0.2) is 8.78 Å². The van der Waals surface area contributed by atoms with Gasteiger partial charge in [0.15, 0.2) is 11.6 Å². The number of halogens is 2. The number of benzene rings is 1. The van der Waals surface area contributed by atoms with Gasteiger partial charge >= 0.3 is 0 Å². The van der Waals surface area contributed by atoms with Crippen LogP contribution in [-0.2, 0) is 6.42 Å². The van der Waals surface area contributed by atoms with E-state index < -0.39 is 11.6 Å². The van der Waals surface area contributed by atoms with E-state index >= 15 is 0 Å². The molecule has 1 saturated heterocycles. The lowest BCUT2D eigenvalue weighted by atomic mass is 10.2. The number of anilines is 1. The highest BCUT2D eigenvalue weighted by Gasteiger charge is 2.22. The van der Waals surface area contributed by atoms with Crippen LogP contribution < -0.4 is 10.2 Å². The average Bonchev–Trinajstić information content (AvgIpc) is 3.16. The number of fused-ring (bicyclic) bond motifs is 1. The number of pyridine rings is 1. The van der Waals surface area contributed by atoms with E-state index in [2.05, 4.69) is 25.4 Å². The Morgan fingerprint density at radius 2 is 1.93 bits per heavy atom. The summed E-state index contributed by atoms with van der Waals surface area (Å²) in [6.07, 6.45) is 2.66. The van der Waals surface area contributed by atoms with E-state index in [1.165, 1.54) is 12.1 Å². The molecule has 29 heavy (non-hydrogen) atoms. The number of piperazine rings is 1. The Morgan fingerprint density at radius 3 is 2.72 bits per heavy atom. The summed E-state index contributed by atoms with van der Waals surface area (Å²) in [5.41, 5.74) is 1.14. The van der Waals surface area contributed by atoms with Crippen LogP contribution in [0.5, 0.6) is 0 Å². The van der Waals surface area contributed by atoms with Gasteiger partial charge in [-0.05, 0) is 24.3 Å². The van der Waals surface area contributed by atoms with E-state index in [0.717, 1.165) is 23.5 Å². The predicted molar refractivity (Wildman–Crippen MR) is 108 cm³/mol. The summed E-state index contributed by atoms with van der Waals surface area (Å²) >= 11 is 0. The highest BCUT2D eigenvalue weighted by Crippen LogP contribution is 2.21. The van der Waals surface area contributed by atoms with Gasteiger partial charge in [-0.15, -0.1) is 10.2 Å². The van der Waals surface area contributed by atoms with Gasteiger partial charge in [-0.2, -0.15) is 0 Å². The van der Waals surface area contributed by atoms with Crippen LogP contribution in [0.25, 0.3) is 5.65 Å². The van der Waals surface area contributed by atoms with Crippen LogP contribution in [0.1, 0.15) is 5.82 Å². The number of aromatic nitrogens is 3. The Hall–Kier alpha value is -3.23. The summed E-state index contributed by atoms with van der Waals surface area (Å²) in [6, 6.07) is 9.37. The second-order valence-electron chi connectivity index (χ2n) is 6.84. The molecule has 152 valence electrons. The van der Waals surface area contributed by atoms with Crippen molar-refractivity contribution < 1.29 is 8.78 Å². The first-order valence-electron chi connectivity index (χ1n) is 9.60. The van der Waals surface area contributed by atoms with Gasteiger partial charge in [0, 0.05) is 58.5 Å². The van der Waals surface area contributed by atoms with Crippen LogP contribution in [0.15, 0.2) is 47.6 Å². The molecule has 1 aliphatic rings. The largest absolute Gasteiger partial charge is 0.366 e. The third-order valence-electron chi connectivity index (χ3n) is 5.06. The van der Waals surface area contributed by atoms with Crippen molar-refractivity contribution in [3.63, 3.8) is 0 Å². The second-order valence-corrected chi connectivity index (χ2v) is 6.84. The third-order valence-corrected chi connectivity index (χ3v) is 5.06. The monoisotopic (exact) mass is 399 g/mol. The minimum Gasteiger partial charge on any atom is -0.366 e. The topological polar surface area (TPSA) is 61.1 Å². The number of rotatable bonds is 4. The van der Waals surface area contributed by atoms with Gasteiger partial charge in [0.25, 0.3) is 0 Å². The van der Waals surface area contributed by atoms with Crippen LogP contribution in [0.2, 0.25) is 0 Å². The minimum absolute atomic E-state index is 0.311. The summed E-state index contributed by atoms with van der Waals surface area (Å²) in [5.74, 6) is 0.846. The fourth-order valence-electron chi connectivity index (χ4n) is 3.57. The van der Waals surface area contributed by atoms with Crippen LogP contribution in [0.3, 0.4) is 0 Å². The van der Waals surface area contributed by atoms with E-state index in [-0.39, 0.29) is 0 Å². The lowest BCUT2D eigenvalue weighted by Crippen LogP contribution is -2.53. The van der Waals surface area contributed by atoms with Crippen molar-refractivity contribution in [2.45, 2.75) is 6.42 Å². The summed E-state index contributed by atoms with van der Waals surface area (Å²) in [7, 11) is 1.74. The van der Waals surface area contributed by atoms with Crippen molar-refractivity contribution in [2.24, 2.45) is 4.99 Å². The van der Waals surface area contributed by atoms with E-state index in [9.17, 15) is 8.78 Å². The Labute approximate surface area is 167 Å². The molecule has 0 unspecified atom stereocenters. The molecule has 0 spiro atoms. The lowest BCUT2D eigenvalue weighted by Gasteiger charge is -2.37. The molecule has 1 aliphatic heterocycles. The second kappa shape index (κ2) is 8.42. The first-order chi connectivity index (χ1) is 14.2. The number of hydrogen-bond donors (Lipinski definition) is 1. The average molecular weight is 399 g/mol. The van der Waals surface area contributed by atoms with Crippen LogP contribution in [0, 0.1) is 11.6 Å². The highest BCUT2D eigenvalue weighted by atomic mass is 19.1. The summed E-state index contributed by atoms with van der Waals surface area (Å²) in [5, 5.41) is 11.8. The van der Waals surface area contributed by atoms with E-state index in [4.69, 9.17) is 0 Å². The molecule has 2 aromatic heterocycles. The van der Waals surface area contributed by atoms with Crippen molar-refractivity contribution in [2.75, 3.05) is 44.7 Å². The van der Waals surface area contributed by atoms with Gasteiger partial charge in [-0.1, -0.05) is 6.07 Å². The van der Waals surface area contributed by atoms with Crippen molar-refractivity contribution in [3.8, 4) is 0 Å². The molecular formula is C20H23F2N7. The minimum atomic E-state index is -0.428. The van der Waals surface area contributed by atoms with E-state index in [1.807, 2.05) is 33.7 Å². The number of nitrogens with zero attached hydrogens (tertiary/aromatic N) is 6. The van der Waals surface area contributed by atoms with Crippen LogP contribution in [0.4, 0.5) is 14.5 Å². The van der Waals surface area contributed by atoms with Crippen molar-refractivity contribution >= 4 is 17.3 Å². The number of aliphatic imine (C=N–C) groups is 1. The molecule has 4 rings (SSSR count). The molecule has 9 heteroatoms. The molecular weight excluding hydrogens is 376 g/mol. The molecule has 3 heterocycles. The Kier molecular flexibility index (Phi) is 5.55. The van der Waals surface area contributed by atoms with Crippen LogP contribution in [-0.4, -0.2) is 65.2 Å². The highest BCUT2D eigenvalue weighted by molar-refractivity contribution is 5.80. The third kappa shape index (κ3) is 4.13. The zero-order valence-corrected chi connectivity index (χ0v) is 16.2. The summed E-state index contributed by atoms with van der Waals surface area (Å²) in [6.45, 7) is 3.19. The van der Waals surface area contributed by atoms with Crippen molar-refractivity contribution in [1.29, 1.82) is 0 Å². The molecule has 0 radical (unpaired) electrons. The Morgan fingerprint density at radius 1 is 1.10 bits per heavy atom. The number of nitrogens with one attached hydrogen (secondary N) is 1. The molecule has 0 saturated carbocycles. The zero-order valence-electron chi connectivity index (χ0n) is 16.2. The SMILES string of the molecule is CN=C(NCCc1nnc2ccccn12)N1CCN(c2cc(F)ccc2F)CC1. The van der Waals surface area contributed by atoms with Crippen molar-refractivity contribution in [3.05, 3.63) is 60.1 Å². The molecule has 0 atom stereocenters. The van der Waals surface area contributed by atoms with E-state index in [0.29, 0.717) is 44.8 Å². The quantitative estimate of drug-likeness (QED) is 0.537. The van der Waals surface area contributed by atoms with Gasteiger partial charge in [0.05, 0.1) is 5.69 Å². The van der Waals surface area contributed by atoms with Gasteiger partial charge < -0.3 is 15.1 Å². The Balaban J connectivity index is 1.32. The summed E-state index contributed by atoms with van der Waals surface area (Å²) in [4.78, 5) is 8.34. The molecule has 0 bridgehead atoms. The maximum atomic E-state index is 14.0. The number of hydrogen-bond acceptors (Lipinski definition) is 4. The van der Waals surface area contributed by atoms with Gasteiger partial charge in [0.2, 0.25) is 0 Å². The smallest absolute Gasteiger partial charge is 0.193 e. The van der Waals surface area contributed by atoms with Gasteiger partial charge in [-0.3, -0.25) is 9.39 Å². The maximum absolute atomic E-state index is 14.0. The molecule has 7 nitrogen and oxygen atoms in total. The fraction of sp³-hybridized carbons (Fsp3) is 0.350. The first kappa shape index (κ1) is 19.1. The normalized spacial score (nSPS) is 15.2. The lowest BCUT2D eigenvalue weighted by molar-refractivity contribution is 0.370. The first-order valence-corrected chi connectivity index (χ1v) is 9.60. The molecule has 0 aliphatic carbocycles. The zero-order chi connectivity index (χ0) is 20.2. The summed E-state index contributed by atoms with van der Waals surface area (Å²) < 4.78 is 29.5.